The maximum Gasteiger partial charge on any atom is 0.320 e. The summed E-state index contributed by atoms with van der Waals surface area (Å²) in [6.07, 6.45) is 3.15. The molecule has 3 N–H and O–H groups in total. The maximum absolute atomic E-state index is 12.6. The van der Waals surface area contributed by atoms with Crippen LogP contribution in [0.2, 0.25) is 0 Å². The van der Waals surface area contributed by atoms with Crippen LogP contribution in [0.15, 0.2) is 53.7 Å². The van der Waals surface area contributed by atoms with Crippen molar-refractivity contribution in [3.63, 3.8) is 0 Å². The Morgan fingerprint density at radius 2 is 1.77 bits per heavy atom. The Hall–Kier alpha value is -3.57. The normalized spacial score (nSPS) is 11.3. The average molecular weight is 442 g/mol. The molecule has 0 unspecified atom stereocenters. The van der Waals surface area contributed by atoms with E-state index < -0.39 is 10.0 Å². The average Bonchev–Trinajstić information content (AvgIpc) is 2.75. The number of hydrogen-bond donors (Lipinski definition) is 3. The van der Waals surface area contributed by atoms with Crippen molar-refractivity contribution >= 4 is 33.5 Å². The third kappa shape index (κ3) is 5.13. The summed E-state index contributed by atoms with van der Waals surface area (Å²) in [4.78, 5) is 24.5. The van der Waals surface area contributed by atoms with Crippen LogP contribution in [0, 0.1) is 6.92 Å². The molecule has 0 aliphatic carbocycles. The summed E-state index contributed by atoms with van der Waals surface area (Å²) in [5.74, 6) is 0.675. The Morgan fingerprint density at radius 1 is 1.03 bits per heavy atom. The van der Waals surface area contributed by atoms with Crippen LogP contribution < -0.4 is 16.0 Å². The molecule has 0 radical (unpaired) electrons. The number of benzene rings is 1. The van der Waals surface area contributed by atoms with Gasteiger partial charge in [0, 0.05) is 44.8 Å². The number of aryl methyl sites for hydroxylation is 1. The predicted molar refractivity (Wildman–Crippen MR) is 119 cm³/mol. The zero-order valence-electron chi connectivity index (χ0n) is 17.5. The third-order valence-electron chi connectivity index (χ3n) is 4.38. The molecule has 0 saturated heterocycles. The third-order valence-corrected chi connectivity index (χ3v) is 6.34. The standard InChI is InChI=1S/C20H23N7O3S/c1-13-5-6-15(12-17(13)31(29,30)27(3)4)24-19-23-10-8-16(25-19)14-7-9-22-18(11-14)26-20(28)21-2/h5-12H,1-4H3,(H,23,24,25)(H2,21,22,26,28). The summed E-state index contributed by atoms with van der Waals surface area (Å²) in [7, 11) is 0.910. The lowest BCUT2D eigenvalue weighted by atomic mass is 10.2. The first-order valence-corrected chi connectivity index (χ1v) is 10.7. The predicted octanol–water partition coefficient (Wildman–Crippen LogP) is 2.59. The van der Waals surface area contributed by atoms with Gasteiger partial charge in [0.15, 0.2) is 0 Å². The van der Waals surface area contributed by atoms with E-state index in [1.165, 1.54) is 25.4 Å². The Labute approximate surface area is 180 Å². The monoisotopic (exact) mass is 441 g/mol. The summed E-state index contributed by atoms with van der Waals surface area (Å²) < 4.78 is 26.3. The second-order valence-corrected chi connectivity index (χ2v) is 8.91. The molecule has 0 spiro atoms. The number of amides is 2. The van der Waals surface area contributed by atoms with Gasteiger partial charge in [-0.05, 0) is 42.8 Å². The summed E-state index contributed by atoms with van der Waals surface area (Å²) in [5, 5.41) is 8.12. The van der Waals surface area contributed by atoms with Gasteiger partial charge in [0.1, 0.15) is 5.82 Å². The van der Waals surface area contributed by atoms with E-state index in [-0.39, 0.29) is 10.9 Å². The molecular formula is C20H23N7O3S. The molecule has 0 aliphatic heterocycles. The second-order valence-electron chi connectivity index (χ2n) is 6.79. The van der Waals surface area contributed by atoms with Gasteiger partial charge in [-0.2, -0.15) is 0 Å². The lowest BCUT2D eigenvalue weighted by Gasteiger charge is -2.15. The first kappa shape index (κ1) is 22.1. The first-order valence-electron chi connectivity index (χ1n) is 9.29. The van der Waals surface area contributed by atoms with Crippen LogP contribution in [-0.4, -0.2) is 54.8 Å². The number of carbonyl (C=O) groups is 1. The van der Waals surface area contributed by atoms with Crippen LogP contribution in [-0.2, 0) is 10.0 Å². The summed E-state index contributed by atoms with van der Waals surface area (Å²) in [5.41, 5.74) is 2.52. The molecule has 11 heteroatoms. The first-order chi connectivity index (χ1) is 14.7. The van der Waals surface area contributed by atoms with Gasteiger partial charge in [-0.15, -0.1) is 0 Å². The van der Waals surface area contributed by atoms with Crippen LogP contribution >= 0.6 is 0 Å². The van der Waals surface area contributed by atoms with Gasteiger partial charge in [0.2, 0.25) is 16.0 Å². The van der Waals surface area contributed by atoms with Crippen LogP contribution in [0.3, 0.4) is 0 Å². The van der Waals surface area contributed by atoms with E-state index >= 15 is 0 Å². The molecule has 2 amide bonds. The van der Waals surface area contributed by atoms with E-state index in [0.717, 1.165) is 5.56 Å². The minimum atomic E-state index is -3.58. The lowest BCUT2D eigenvalue weighted by molar-refractivity contribution is 0.254. The molecule has 2 heterocycles. The van der Waals surface area contributed by atoms with Gasteiger partial charge in [0.25, 0.3) is 0 Å². The molecule has 0 bridgehead atoms. The lowest BCUT2D eigenvalue weighted by Crippen LogP contribution is -2.24. The number of hydrogen-bond acceptors (Lipinski definition) is 7. The molecule has 0 saturated carbocycles. The number of nitrogens with one attached hydrogen (secondary N) is 3. The second kappa shape index (κ2) is 9.06. The molecule has 1 aromatic carbocycles. The van der Waals surface area contributed by atoms with E-state index in [1.54, 1.807) is 55.7 Å². The Balaban J connectivity index is 1.89. The van der Waals surface area contributed by atoms with Crippen molar-refractivity contribution in [3.05, 3.63) is 54.4 Å². The number of sulfonamides is 1. The topological polar surface area (TPSA) is 129 Å². The molecule has 2 aromatic heterocycles. The number of pyridine rings is 1. The minimum absolute atomic E-state index is 0.206. The van der Waals surface area contributed by atoms with Crippen molar-refractivity contribution < 1.29 is 13.2 Å². The van der Waals surface area contributed by atoms with Crippen LogP contribution in [0.1, 0.15) is 5.56 Å². The molecule has 0 atom stereocenters. The minimum Gasteiger partial charge on any atom is -0.341 e. The van der Waals surface area contributed by atoms with E-state index in [0.29, 0.717) is 28.7 Å². The molecule has 162 valence electrons. The van der Waals surface area contributed by atoms with E-state index in [2.05, 4.69) is 30.9 Å². The highest BCUT2D eigenvalue weighted by Crippen LogP contribution is 2.25. The van der Waals surface area contributed by atoms with Crippen molar-refractivity contribution in [2.24, 2.45) is 0 Å². The van der Waals surface area contributed by atoms with Gasteiger partial charge in [-0.3, -0.25) is 5.32 Å². The summed E-state index contributed by atoms with van der Waals surface area (Å²) in [6, 6.07) is 9.83. The van der Waals surface area contributed by atoms with E-state index in [1.807, 2.05) is 0 Å². The molecule has 0 aliphatic rings. The van der Waals surface area contributed by atoms with Gasteiger partial charge in [-0.25, -0.2) is 32.5 Å². The molecule has 0 fully saturated rings. The maximum atomic E-state index is 12.6. The van der Waals surface area contributed by atoms with Crippen molar-refractivity contribution in [2.45, 2.75) is 11.8 Å². The molecule has 3 rings (SSSR count). The largest absolute Gasteiger partial charge is 0.341 e. The highest BCUT2D eigenvalue weighted by atomic mass is 32.2. The Bertz CT molecular complexity index is 1210. The highest BCUT2D eigenvalue weighted by molar-refractivity contribution is 7.89. The van der Waals surface area contributed by atoms with E-state index in [9.17, 15) is 13.2 Å². The quantitative estimate of drug-likeness (QED) is 0.536. The smallest absolute Gasteiger partial charge is 0.320 e. The Morgan fingerprint density at radius 3 is 2.48 bits per heavy atom. The molecular weight excluding hydrogens is 418 g/mol. The zero-order chi connectivity index (χ0) is 22.6. The van der Waals surface area contributed by atoms with E-state index in [4.69, 9.17) is 0 Å². The summed E-state index contributed by atoms with van der Waals surface area (Å²) in [6.45, 7) is 1.74. The van der Waals surface area contributed by atoms with Gasteiger partial charge in [0.05, 0.1) is 10.6 Å². The number of anilines is 3. The number of carbonyl (C=O) groups excluding carboxylic acids is 1. The fourth-order valence-electron chi connectivity index (χ4n) is 2.70. The number of rotatable bonds is 6. The van der Waals surface area contributed by atoms with Crippen molar-refractivity contribution in [1.82, 2.24) is 24.6 Å². The molecule has 31 heavy (non-hydrogen) atoms. The number of nitrogens with zero attached hydrogens (tertiary/aromatic N) is 4. The SMILES string of the molecule is CNC(=O)Nc1cc(-c2ccnc(Nc3ccc(C)c(S(=O)(=O)N(C)C)c3)n2)ccn1. The van der Waals surface area contributed by atoms with Crippen LogP contribution in [0.5, 0.6) is 0 Å². The van der Waals surface area contributed by atoms with Crippen molar-refractivity contribution in [3.8, 4) is 11.3 Å². The van der Waals surface area contributed by atoms with Crippen LogP contribution in [0.25, 0.3) is 11.3 Å². The summed E-state index contributed by atoms with van der Waals surface area (Å²) >= 11 is 0. The zero-order valence-corrected chi connectivity index (χ0v) is 18.4. The van der Waals surface area contributed by atoms with Crippen molar-refractivity contribution in [1.29, 1.82) is 0 Å². The van der Waals surface area contributed by atoms with Gasteiger partial charge < -0.3 is 10.6 Å². The Kier molecular flexibility index (Phi) is 6.47. The van der Waals surface area contributed by atoms with Gasteiger partial charge in [-0.1, -0.05) is 6.07 Å². The van der Waals surface area contributed by atoms with Gasteiger partial charge >= 0.3 is 6.03 Å². The molecule has 10 nitrogen and oxygen atoms in total. The number of urea groups is 1. The fourth-order valence-corrected chi connectivity index (χ4v) is 3.84. The fraction of sp³-hybridized carbons (Fsp3) is 0.200. The number of aromatic nitrogens is 3. The molecule has 3 aromatic rings. The highest BCUT2D eigenvalue weighted by Gasteiger charge is 2.20. The van der Waals surface area contributed by atoms with Crippen LogP contribution in [0.4, 0.5) is 22.2 Å². The van der Waals surface area contributed by atoms with Crippen molar-refractivity contribution in [2.75, 3.05) is 31.8 Å².